The highest BCUT2D eigenvalue weighted by molar-refractivity contribution is 6.30. The average molecular weight is 330 g/mol. The number of rotatable bonds is 3. The Balaban J connectivity index is 0.000000295. The van der Waals surface area contributed by atoms with Crippen LogP contribution < -0.4 is 5.32 Å². The Labute approximate surface area is 135 Å². The maximum Gasteiger partial charge on any atom is 0.293 e. The molecule has 0 aliphatic carbocycles. The highest BCUT2D eigenvalue weighted by atomic mass is 35.5. The minimum atomic E-state index is -0.541. The van der Waals surface area contributed by atoms with Crippen molar-refractivity contribution in [2.24, 2.45) is 0 Å². The van der Waals surface area contributed by atoms with Crippen LogP contribution in [-0.4, -0.2) is 30.4 Å². The lowest BCUT2D eigenvalue weighted by Gasteiger charge is -2.14. The van der Waals surface area contributed by atoms with Crippen molar-refractivity contribution in [2.75, 3.05) is 6.54 Å². The van der Waals surface area contributed by atoms with Crippen LogP contribution in [0.15, 0.2) is 18.2 Å². The van der Waals surface area contributed by atoms with Crippen LogP contribution in [-0.2, 0) is 9.53 Å². The second-order valence-corrected chi connectivity index (χ2v) is 6.38. The third kappa shape index (κ3) is 6.12. The Morgan fingerprint density at radius 1 is 1.45 bits per heavy atom. The van der Waals surface area contributed by atoms with Gasteiger partial charge in [0.15, 0.2) is 5.78 Å². The Kier molecular flexibility index (Phi) is 6.97. The van der Waals surface area contributed by atoms with Gasteiger partial charge in [-0.2, -0.15) is 0 Å². The molecule has 1 aliphatic rings. The molecule has 122 valence electrons. The lowest BCUT2D eigenvalue weighted by Crippen LogP contribution is -2.30. The molecule has 0 amide bonds. The van der Waals surface area contributed by atoms with Crippen molar-refractivity contribution in [3.63, 3.8) is 0 Å². The lowest BCUT2D eigenvalue weighted by atomic mass is 10.0. The first-order valence-electron chi connectivity index (χ1n) is 7.08. The summed E-state index contributed by atoms with van der Waals surface area (Å²) in [6, 6.07) is 4.02. The number of carbonyl (C=O) groups excluding carboxylic acids is 2. The van der Waals surface area contributed by atoms with Gasteiger partial charge in [0.25, 0.3) is 6.47 Å². The molecule has 1 saturated heterocycles. The van der Waals surface area contributed by atoms with Gasteiger partial charge >= 0.3 is 0 Å². The number of Topliss-reactive ketones (excluding diaryl/α,β-unsaturated/α-hetero) is 1. The number of nitrogens with one attached hydrogen (secondary N) is 1. The van der Waals surface area contributed by atoms with Crippen molar-refractivity contribution in [1.29, 1.82) is 0 Å². The summed E-state index contributed by atoms with van der Waals surface area (Å²) in [6.07, 6.45) is 1.82. The third-order valence-electron chi connectivity index (χ3n) is 2.98. The van der Waals surface area contributed by atoms with Gasteiger partial charge in [-0.05, 0) is 58.4 Å². The molecule has 2 rings (SSSR count). The van der Waals surface area contributed by atoms with Crippen LogP contribution in [0.25, 0.3) is 0 Å². The predicted octanol–water partition coefficient (Wildman–Crippen LogP) is 3.37. The van der Waals surface area contributed by atoms with Crippen LogP contribution in [0.5, 0.6) is 0 Å². The number of benzene rings is 1. The fraction of sp³-hybridized carbons (Fsp3) is 0.500. The SMILES string of the molecule is CC(C)(C)OC=O.O=C(c1ccc(Cl)c(F)c1)[C@H]1CCCN1. The van der Waals surface area contributed by atoms with Crippen LogP contribution in [0.2, 0.25) is 5.02 Å². The molecule has 0 unspecified atom stereocenters. The summed E-state index contributed by atoms with van der Waals surface area (Å²) in [7, 11) is 0. The summed E-state index contributed by atoms with van der Waals surface area (Å²) in [4.78, 5) is 21.4. The quantitative estimate of drug-likeness (QED) is 0.682. The number of hydrogen-bond donors (Lipinski definition) is 1. The summed E-state index contributed by atoms with van der Waals surface area (Å²) >= 11 is 5.54. The van der Waals surface area contributed by atoms with Gasteiger partial charge in [-0.15, -0.1) is 0 Å². The molecule has 4 nitrogen and oxygen atoms in total. The topological polar surface area (TPSA) is 55.4 Å². The highest BCUT2D eigenvalue weighted by Crippen LogP contribution is 2.18. The normalized spacial score (nSPS) is 17.4. The van der Waals surface area contributed by atoms with Gasteiger partial charge < -0.3 is 10.1 Å². The number of ketones is 1. The van der Waals surface area contributed by atoms with Crippen molar-refractivity contribution in [3.05, 3.63) is 34.6 Å². The second kappa shape index (κ2) is 8.25. The summed E-state index contributed by atoms with van der Waals surface area (Å²) in [5, 5.41) is 3.13. The predicted molar refractivity (Wildman–Crippen MR) is 83.7 cm³/mol. The Morgan fingerprint density at radius 3 is 2.55 bits per heavy atom. The largest absolute Gasteiger partial charge is 0.462 e. The van der Waals surface area contributed by atoms with E-state index in [1.165, 1.54) is 12.1 Å². The molecule has 1 aliphatic heterocycles. The third-order valence-corrected chi connectivity index (χ3v) is 3.29. The molecule has 22 heavy (non-hydrogen) atoms. The van der Waals surface area contributed by atoms with Crippen LogP contribution >= 0.6 is 11.6 Å². The van der Waals surface area contributed by atoms with Gasteiger partial charge in [-0.1, -0.05) is 11.6 Å². The fourth-order valence-electron chi connectivity index (χ4n) is 1.90. The zero-order valence-electron chi connectivity index (χ0n) is 13.0. The van der Waals surface area contributed by atoms with Crippen LogP contribution in [0, 0.1) is 5.82 Å². The molecule has 0 bridgehead atoms. The minimum absolute atomic E-state index is 0.0472. The summed E-state index contributed by atoms with van der Waals surface area (Å²) in [6.45, 7) is 6.77. The van der Waals surface area contributed by atoms with Gasteiger partial charge in [0.1, 0.15) is 11.4 Å². The molecule has 0 spiro atoms. The first-order chi connectivity index (χ1) is 10.2. The maximum atomic E-state index is 13.1. The van der Waals surface area contributed by atoms with E-state index in [4.69, 9.17) is 11.6 Å². The van der Waals surface area contributed by atoms with Crippen LogP contribution in [0.1, 0.15) is 44.0 Å². The number of carbonyl (C=O) groups is 2. The van der Waals surface area contributed by atoms with E-state index in [0.717, 1.165) is 19.4 Å². The van der Waals surface area contributed by atoms with Crippen molar-refractivity contribution in [1.82, 2.24) is 5.32 Å². The summed E-state index contributed by atoms with van der Waals surface area (Å²) < 4.78 is 17.7. The van der Waals surface area contributed by atoms with Gasteiger partial charge in [0.05, 0.1) is 11.1 Å². The van der Waals surface area contributed by atoms with Crippen molar-refractivity contribution < 1.29 is 18.7 Å². The van der Waals surface area contributed by atoms with E-state index in [1.54, 1.807) is 6.07 Å². The molecular formula is C16H21ClFNO3. The fourth-order valence-corrected chi connectivity index (χ4v) is 2.02. The average Bonchev–Trinajstić information content (AvgIpc) is 2.94. The zero-order valence-corrected chi connectivity index (χ0v) is 13.7. The molecule has 0 radical (unpaired) electrons. The molecule has 1 aromatic carbocycles. The Morgan fingerprint density at radius 2 is 2.14 bits per heavy atom. The second-order valence-electron chi connectivity index (χ2n) is 5.97. The molecule has 6 heteroatoms. The minimum Gasteiger partial charge on any atom is -0.462 e. The molecule has 1 aromatic rings. The molecule has 1 heterocycles. The Hall–Kier alpha value is -1.46. The summed E-state index contributed by atoms with van der Waals surface area (Å²) in [5.41, 5.74) is 0.0678. The van der Waals surface area contributed by atoms with E-state index in [2.05, 4.69) is 10.1 Å². The van der Waals surface area contributed by atoms with Crippen molar-refractivity contribution in [2.45, 2.75) is 45.3 Å². The van der Waals surface area contributed by atoms with E-state index < -0.39 is 5.82 Å². The van der Waals surface area contributed by atoms with Crippen molar-refractivity contribution in [3.8, 4) is 0 Å². The van der Waals surface area contributed by atoms with E-state index >= 15 is 0 Å². The van der Waals surface area contributed by atoms with E-state index in [0.29, 0.717) is 12.0 Å². The van der Waals surface area contributed by atoms with Gasteiger partial charge in [0.2, 0.25) is 0 Å². The molecule has 0 aromatic heterocycles. The first kappa shape index (κ1) is 18.6. The lowest BCUT2D eigenvalue weighted by molar-refractivity contribution is -0.138. The smallest absolute Gasteiger partial charge is 0.293 e. The molecule has 0 saturated carbocycles. The standard InChI is InChI=1S/C11H11ClFNO.C5H10O2/c12-8-4-3-7(6-9(8)13)11(15)10-2-1-5-14-10;1-5(2,3)7-4-6/h3-4,6,10,14H,1-2,5H2;4H,1-3H3/t10-;/m1./s1. The van der Waals surface area contributed by atoms with Crippen LogP contribution in [0.4, 0.5) is 4.39 Å². The van der Waals surface area contributed by atoms with Crippen molar-refractivity contribution >= 4 is 23.9 Å². The zero-order chi connectivity index (χ0) is 16.8. The monoisotopic (exact) mass is 329 g/mol. The number of hydrogen-bond acceptors (Lipinski definition) is 4. The van der Waals surface area contributed by atoms with E-state index in [-0.39, 0.29) is 22.4 Å². The molecular weight excluding hydrogens is 309 g/mol. The molecule has 1 atom stereocenters. The molecule has 1 N–H and O–H groups in total. The van der Waals surface area contributed by atoms with E-state index in [9.17, 15) is 14.0 Å². The summed E-state index contributed by atoms with van der Waals surface area (Å²) in [5.74, 6) is -0.594. The number of ether oxygens (including phenoxy) is 1. The van der Waals surface area contributed by atoms with Gasteiger partial charge in [0, 0.05) is 5.56 Å². The van der Waals surface area contributed by atoms with Gasteiger partial charge in [-0.25, -0.2) is 4.39 Å². The first-order valence-corrected chi connectivity index (χ1v) is 7.46. The molecule has 1 fully saturated rings. The Bertz CT molecular complexity index is 523. The highest BCUT2D eigenvalue weighted by Gasteiger charge is 2.23. The maximum absolute atomic E-state index is 13.1. The van der Waals surface area contributed by atoms with Crippen LogP contribution in [0.3, 0.4) is 0 Å². The van der Waals surface area contributed by atoms with E-state index in [1.807, 2.05) is 20.8 Å². The van der Waals surface area contributed by atoms with Gasteiger partial charge in [-0.3, -0.25) is 9.59 Å². The number of halogens is 2.